The van der Waals surface area contributed by atoms with Crippen molar-refractivity contribution in [2.24, 2.45) is 11.7 Å². The van der Waals surface area contributed by atoms with Crippen LogP contribution in [0.4, 0.5) is 25.0 Å². The number of amides is 3. The predicted octanol–water partition coefficient (Wildman–Crippen LogP) is 4.35. The molecule has 0 radical (unpaired) electrons. The molecule has 4 N–H and O–H groups in total. The number of carbonyl (C=O) groups is 4. The van der Waals surface area contributed by atoms with E-state index in [0.717, 1.165) is 25.3 Å². The van der Waals surface area contributed by atoms with E-state index >= 15 is 0 Å². The summed E-state index contributed by atoms with van der Waals surface area (Å²) in [6.45, 7) is 2.99. The number of halogens is 2. The summed E-state index contributed by atoms with van der Waals surface area (Å²) in [4.78, 5) is 53.2. The Balaban J connectivity index is 1.93. The number of rotatable bonds is 12. The summed E-state index contributed by atoms with van der Waals surface area (Å²) in [5, 5.41) is 5.43. The van der Waals surface area contributed by atoms with E-state index in [9.17, 15) is 36.4 Å². The van der Waals surface area contributed by atoms with Crippen molar-refractivity contribution >= 4 is 45.1 Å². The molecule has 262 valence electrons. The van der Waals surface area contributed by atoms with Crippen LogP contribution in [-0.4, -0.2) is 70.3 Å². The number of sulfone groups is 1. The maximum absolute atomic E-state index is 14.7. The van der Waals surface area contributed by atoms with E-state index in [-0.39, 0.29) is 58.5 Å². The first-order valence-corrected chi connectivity index (χ1v) is 16.8. The molecule has 13 nitrogen and oxygen atoms in total. The number of anilines is 2. The second-order valence-electron chi connectivity index (χ2n) is 10.9. The molecular weight excluding hydrogens is 666 g/mol. The fourth-order valence-electron chi connectivity index (χ4n) is 5.67. The first-order valence-electron chi connectivity index (χ1n) is 15.1. The van der Waals surface area contributed by atoms with Gasteiger partial charge in [0.15, 0.2) is 21.4 Å². The van der Waals surface area contributed by atoms with Crippen LogP contribution in [0, 0.1) is 17.6 Å². The minimum atomic E-state index is -3.97. The largest absolute Gasteiger partial charge is 0.494 e. The highest BCUT2D eigenvalue weighted by atomic mass is 32.2. The van der Waals surface area contributed by atoms with Gasteiger partial charge in [0.25, 0.3) is 5.91 Å². The molecule has 3 atom stereocenters. The Hall–Kier alpha value is -5.25. The zero-order chi connectivity index (χ0) is 36.0. The molecule has 0 saturated carbocycles. The summed E-state index contributed by atoms with van der Waals surface area (Å²) >= 11 is 0. The van der Waals surface area contributed by atoms with Crippen LogP contribution >= 0.6 is 0 Å². The number of carbonyl (C=O) groups excluding carboxylic acids is 4. The van der Waals surface area contributed by atoms with Gasteiger partial charge in [0.05, 0.1) is 49.0 Å². The van der Waals surface area contributed by atoms with E-state index in [1.807, 2.05) is 0 Å². The third kappa shape index (κ3) is 7.91. The van der Waals surface area contributed by atoms with Crippen molar-refractivity contribution < 1.29 is 50.6 Å². The number of hydrogen-bond acceptors (Lipinski definition) is 10. The number of nitrogens with one attached hydrogen (secondary N) is 2. The number of benzene rings is 3. The third-order valence-electron chi connectivity index (χ3n) is 8.04. The molecule has 3 aromatic carbocycles. The Morgan fingerprint density at radius 1 is 0.980 bits per heavy atom. The first-order chi connectivity index (χ1) is 23.3. The van der Waals surface area contributed by atoms with Crippen molar-refractivity contribution in [3.63, 3.8) is 0 Å². The lowest BCUT2D eigenvalue weighted by atomic mass is 9.92. The van der Waals surface area contributed by atoms with Crippen LogP contribution in [-0.2, 0) is 28.9 Å². The van der Waals surface area contributed by atoms with Crippen LogP contribution in [0.1, 0.15) is 53.8 Å². The molecule has 0 aromatic heterocycles. The Morgan fingerprint density at radius 2 is 1.67 bits per heavy atom. The van der Waals surface area contributed by atoms with Gasteiger partial charge in [-0.1, -0.05) is 13.0 Å². The summed E-state index contributed by atoms with van der Waals surface area (Å²) in [6.07, 6.45) is -0.778. The Morgan fingerprint density at radius 3 is 2.31 bits per heavy atom. The van der Waals surface area contributed by atoms with E-state index in [4.69, 9.17) is 15.2 Å². The molecule has 1 fully saturated rings. The first kappa shape index (κ1) is 36.6. The van der Waals surface area contributed by atoms with Gasteiger partial charge in [-0.3, -0.25) is 19.7 Å². The lowest BCUT2D eigenvalue weighted by Gasteiger charge is -2.33. The topological polar surface area (TPSA) is 183 Å². The maximum Gasteiger partial charge on any atom is 0.411 e. The normalized spacial score (nSPS) is 16.4. The van der Waals surface area contributed by atoms with Crippen molar-refractivity contribution in [1.82, 2.24) is 4.90 Å². The highest BCUT2D eigenvalue weighted by molar-refractivity contribution is 7.91. The van der Waals surface area contributed by atoms with Crippen LogP contribution < -0.4 is 21.1 Å². The molecule has 49 heavy (non-hydrogen) atoms. The number of esters is 1. The number of ether oxygens (including phenoxy) is 3. The SMILES string of the molecule is CCOC(=O)[C@H]1CCN(C(=O)[C@@H](Nc2ccc(F)c(C(N)=O)c2)c2ccc(F)c(OC)c2)[C@H]1c1cc(NC(=O)OC)ccc1S(=O)(=O)CC. The van der Waals surface area contributed by atoms with Crippen LogP contribution in [0.25, 0.3) is 0 Å². The molecule has 3 aromatic rings. The van der Waals surface area contributed by atoms with Crippen LogP contribution in [0.3, 0.4) is 0 Å². The van der Waals surface area contributed by atoms with Gasteiger partial charge in [0, 0.05) is 17.9 Å². The lowest BCUT2D eigenvalue weighted by Crippen LogP contribution is -2.40. The molecule has 0 unspecified atom stereocenters. The van der Waals surface area contributed by atoms with E-state index in [2.05, 4.69) is 15.4 Å². The molecule has 3 amide bonds. The van der Waals surface area contributed by atoms with Gasteiger partial charge < -0.3 is 30.2 Å². The number of methoxy groups -OCH3 is 2. The monoisotopic (exact) mass is 702 g/mol. The average molecular weight is 703 g/mol. The Kier molecular flexibility index (Phi) is 11.4. The minimum absolute atomic E-state index is 0.00632. The Bertz CT molecular complexity index is 1870. The Labute approximate surface area is 281 Å². The molecular formula is C33H36F2N4O9S. The van der Waals surface area contributed by atoms with Gasteiger partial charge in [-0.25, -0.2) is 22.0 Å². The zero-order valence-electron chi connectivity index (χ0n) is 27.1. The number of primary amides is 1. The summed E-state index contributed by atoms with van der Waals surface area (Å²) < 4.78 is 70.8. The smallest absolute Gasteiger partial charge is 0.411 e. The number of hydrogen-bond donors (Lipinski definition) is 3. The van der Waals surface area contributed by atoms with Crippen LogP contribution in [0.5, 0.6) is 5.75 Å². The average Bonchev–Trinajstić information content (AvgIpc) is 3.53. The molecule has 1 saturated heterocycles. The second kappa shape index (κ2) is 15.3. The second-order valence-corrected chi connectivity index (χ2v) is 13.2. The number of nitrogens with zero attached hydrogens (tertiary/aromatic N) is 1. The van der Waals surface area contributed by atoms with E-state index in [1.165, 1.54) is 55.3 Å². The lowest BCUT2D eigenvalue weighted by molar-refractivity contribution is -0.149. The molecule has 0 spiro atoms. The van der Waals surface area contributed by atoms with Gasteiger partial charge in [-0.05, 0) is 73.0 Å². The third-order valence-corrected chi connectivity index (χ3v) is 9.85. The maximum atomic E-state index is 14.7. The summed E-state index contributed by atoms with van der Waals surface area (Å²) in [7, 11) is -1.59. The molecule has 0 aliphatic carbocycles. The molecule has 16 heteroatoms. The van der Waals surface area contributed by atoms with Gasteiger partial charge >= 0.3 is 12.1 Å². The number of nitrogens with two attached hydrogens (primary N) is 1. The fourth-order valence-corrected chi connectivity index (χ4v) is 6.79. The van der Waals surface area contributed by atoms with Crippen LogP contribution in [0.15, 0.2) is 59.5 Å². The van der Waals surface area contributed by atoms with Crippen LogP contribution in [0.2, 0.25) is 0 Å². The van der Waals surface area contributed by atoms with Gasteiger partial charge in [0.2, 0.25) is 5.91 Å². The predicted molar refractivity (Wildman–Crippen MR) is 174 cm³/mol. The van der Waals surface area contributed by atoms with Crippen molar-refractivity contribution in [1.29, 1.82) is 0 Å². The minimum Gasteiger partial charge on any atom is -0.494 e. The molecule has 1 aliphatic rings. The molecule has 1 heterocycles. The van der Waals surface area contributed by atoms with E-state index < -0.39 is 68.9 Å². The summed E-state index contributed by atoms with van der Waals surface area (Å²) in [5.41, 5.74) is 5.30. The quantitative estimate of drug-likeness (QED) is 0.230. The highest BCUT2D eigenvalue weighted by Crippen LogP contribution is 2.44. The van der Waals surface area contributed by atoms with Crippen molar-refractivity contribution in [2.45, 2.75) is 37.2 Å². The molecule has 1 aliphatic heterocycles. The fraction of sp³-hybridized carbons (Fsp3) is 0.333. The van der Waals surface area contributed by atoms with Gasteiger partial charge in [-0.15, -0.1) is 0 Å². The highest BCUT2D eigenvalue weighted by Gasteiger charge is 2.46. The standard InChI is InChI=1S/C33H36F2N4O9S/c1-5-48-32(42)21-13-14-39(29(21)23-17-20(38-33(43)47-4)9-12-27(23)49(44,45)6-2)31(41)28(18-7-10-25(35)26(15-18)46-3)37-19-8-11-24(34)22(16-19)30(36)40/h7-12,15-17,21,28-29,37H,5-6,13-14H2,1-4H3,(H2,36,40)(H,38,43)/t21-,28-,29+/m0/s1. The van der Waals surface area contributed by atoms with Crippen molar-refractivity contribution in [3.05, 3.63) is 82.9 Å². The number of likely N-dealkylation sites (tertiary alicyclic amines) is 1. The van der Waals surface area contributed by atoms with Gasteiger partial charge in [-0.2, -0.15) is 0 Å². The van der Waals surface area contributed by atoms with Gasteiger partial charge in [0.1, 0.15) is 11.9 Å². The van der Waals surface area contributed by atoms with Crippen molar-refractivity contribution in [2.75, 3.05) is 43.8 Å². The zero-order valence-corrected chi connectivity index (χ0v) is 27.9. The van der Waals surface area contributed by atoms with E-state index in [0.29, 0.717) is 0 Å². The molecule has 4 rings (SSSR count). The van der Waals surface area contributed by atoms with E-state index in [1.54, 1.807) is 6.92 Å². The summed E-state index contributed by atoms with van der Waals surface area (Å²) in [5.74, 6) is -5.64. The van der Waals surface area contributed by atoms with Crippen molar-refractivity contribution in [3.8, 4) is 5.75 Å². The summed E-state index contributed by atoms with van der Waals surface area (Å²) in [6, 6.07) is 8.36. The molecule has 0 bridgehead atoms.